The van der Waals surface area contributed by atoms with Crippen molar-refractivity contribution in [2.75, 3.05) is 6.61 Å². The number of nitrogens with zero attached hydrogens (tertiary/aromatic N) is 1. The van der Waals surface area contributed by atoms with Gasteiger partial charge < -0.3 is 15.7 Å². The lowest BCUT2D eigenvalue weighted by Crippen LogP contribution is -2.12. The molecule has 0 bridgehead atoms. The maximum Gasteiger partial charge on any atom is 0.139 e. The fraction of sp³-hybridized carbons (Fsp3) is 0.214. The molecule has 0 aliphatic heterocycles. The lowest BCUT2D eigenvalue weighted by Gasteiger charge is -2.06. The molecule has 0 saturated carbocycles. The van der Waals surface area contributed by atoms with Crippen molar-refractivity contribution in [3.05, 3.63) is 42.5 Å². The predicted octanol–water partition coefficient (Wildman–Crippen LogP) is 2.75. The highest BCUT2D eigenvalue weighted by Gasteiger charge is 1.98. The molecular formula is C14H16N2O2. The number of hydrogen-bond donors (Lipinski definition) is 2. The SMILES string of the molecule is N/C(CCCOc1ccc2ccccc2c1)=N\O. The first kappa shape index (κ1) is 12.2. The van der Waals surface area contributed by atoms with Crippen LogP contribution < -0.4 is 10.5 Å². The molecule has 0 spiro atoms. The van der Waals surface area contributed by atoms with E-state index < -0.39 is 0 Å². The van der Waals surface area contributed by atoms with Crippen molar-refractivity contribution in [1.82, 2.24) is 0 Å². The molecule has 94 valence electrons. The molecule has 0 unspecified atom stereocenters. The third-order valence-corrected chi connectivity index (χ3v) is 2.70. The van der Waals surface area contributed by atoms with E-state index >= 15 is 0 Å². The monoisotopic (exact) mass is 244 g/mol. The second kappa shape index (κ2) is 5.91. The fourth-order valence-corrected chi connectivity index (χ4v) is 1.75. The van der Waals surface area contributed by atoms with Crippen LogP contribution in [0.3, 0.4) is 0 Å². The molecule has 2 aromatic carbocycles. The minimum Gasteiger partial charge on any atom is -0.494 e. The Morgan fingerprint density at radius 1 is 1.17 bits per heavy atom. The van der Waals surface area contributed by atoms with Crippen LogP contribution in [0.5, 0.6) is 5.75 Å². The van der Waals surface area contributed by atoms with Crippen molar-refractivity contribution in [3.8, 4) is 5.75 Å². The Hall–Kier alpha value is -2.23. The second-order valence-electron chi connectivity index (χ2n) is 4.05. The lowest BCUT2D eigenvalue weighted by atomic mass is 10.1. The minimum absolute atomic E-state index is 0.233. The maximum absolute atomic E-state index is 8.39. The number of nitrogens with two attached hydrogens (primary N) is 1. The van der Waals surface area contributed by atoms with Crippen LogP contribution in [0, 0.1) is 0 Å². The zero-order valence-corrected chi connectivity index (χ0v) is 10.0. The summed E-state index contributed by atoms with van der Waals surface area (Å²) in [6.07, 6.45) is 1.26. The molecule has 0 radical (unpaired) electrons. The Kier molecular flexibility index (Phi) is 4.02. The zero-order chi connectivity index (χ0) is 12.8. The van der Waals surface area contributed by atoms with Gasteiger partial charge >= 0.3 is 0 Å². The van der Waals surface area contributed by atoms with Gasteiger partial charge in [-0.3, -0.25) is 0 Å². The normalized spacial score (nSPS) is 11.7. The molecule has 4 nitrogen and oxygen atoms in total. The van der Waals surface area contributed by atoms with Crippen LogP contribution in [0.4, 0.5) is 0 Å². The van der Waals surface area contributed by atoms with Crippen molar-refractivity contribution < 1.29 is 9.94 Å². The Morgan fingerprint density at radius 3 is 2.72 bits per heavy atom. The first-order valence-corrected chi connectivity index (χ1v) is 5.87. The lowest BCUT2D eigenvalue weighted by molar-refractivity contribution is 0.305. The Bertz CT molecular complexity index is 552. The molecule has 2 rings (SSSR count). The quantitative estimate of drug-likeness (QED) is 0.279. The first-order chi connectivity index (χ1) is 8.79. The van der Waals surface area contributed by atoms with Crippen LogP contribution in [-0.4, -0.2) is 17.6 Å². The summed E-state index contributed by atoms with van der Waals surface area (Å²) >= 11 is 0. The van der Waals surface area contributed by atoms with Crippen molar-refractivity contribution in [3.63, 3.8) is 0 Å². The molecule has 0 amide bonds. The number of benzene rings is 2. The van der Waals surface area contributed by atoms with E-state index in [1.165, 1.54) is 5.39 Å². The topological polar surface area (TPSA) is 67.8 Å². The first-order valence-electron chi connectivity index (χ1n) is 5.87. The van der Waals surface area contributed by atoms with Gasteiger partial charge in [0.25, 0.3) is 0 Å². The summed E-state index contributed by atoms with van der Waals surface area (Å²) in [5.41, 5.74) is 5.37. The highest BCUT2D eigenvalue weighted by atomic mass is 16.5. The van der Waals surface area contributed by atoms with Crippen molar-refractivity contribution in [2.45, 2.75) is 12.8 Å². The van der Waals surface area contributed by atoms with E-state index in [1.807, 2.05) is 30.3 Å². The molecule has 0 aromatic heterocycles. The standard InChI is InChI=1S/C14H16N2O2/c15-14(16-17)6-3-9-18-13-8-7-11-4-1-2-5-12(11)10-13/h1-2,4-5,7-8,10,17H,3,6,9H2,(H2,15,16). The molecule has 0 aliphatic carbocycles. The summed E-state index contributed by atoms with van der Waals surface area (Å²) in [5.74, 6) is 1.07. The van der Waals surface area contributed by atoms with Gasteiger partial charge in [-0.15, -0.1) is 0 Å². The van der Waals surface area contributed by atoms with Gasteiger partial charge in [0, 0.05) is 6.42 Å². The second-order valence-corrected chi connectivity index (χ2v) is 4.05. The van der Waals surface area contributed by atoms with Crippen molar-refractivity contribution >= 4 is 16.6 Å². The minimum atomic E-state index is 0.233. The van der Waals surface area contributed by atoms with Crippen LogP contribution in [0.15, 0.2) is 47.6 Å². The Labute approximate surface area is 106 Å². The molecule has 0 heterocycles. The molecule has 0 atom stereocenters. The van der Waals surface area contributed by atoms with Crippen LogP contribution in [0.1, 0.15) is 12.8 Å². The van der Waals surface area contributed by atoms with E-state index in [2.05, 4.69) is 17.3 Å². The molecule has 4 heteroatoms. The Morgan fingerprint density at radius 2 is 1.94 bits per heavy atom. The van der Waals surface area contributed by atoms with E-state index in [0.29, 0.717) is 13.0 Å². The van der Waals surface area contributed by atoms with Gasteiger partial charge in [-0.25, -0.2) is 0 Å². The van der Waals surface area contributed by atoms with Crippen LogP contribution in [-0.2, 0) is 0 Å². The fourth-order valence-electron chi connectivity index (χ4n) is 1.75. The largest absolute Gasteiger partial charge is 0.494 e. The summed E-state index contributed by atoms with van der Waals surface area (Å²) < 4.78 is 5.62. The van der Waals surface area contributed by atoms with Gasteiger partial charge in [-0.05, 0) is 29.3 Å². The number of hydrogen-bond acceptors (Lipinski definition) is 3. The van der Waals surface area contributed by atoms with Gasteiger partial charge in [0.1, 0.15) is 11.6 Å². The van der Waals surface area contributed by atoms with Crippen molar-refractivity contribution in [1.29, 1.82) is 0 Å². The number of amidine groups is 1. The average molecular weight is 244 g/mol. The molecular weight excluding hydrogens is 228 g/mol. The van der Waals surface area contributed by atoms with E-state index in [4.69, 9.17) is 15.7 Å². The van der Waals surface area contributed by atoms with Crippen LogP contribution in [0.25, 0.3) is 10.8 Å². The summed E-state index contributed by atoms with van der Waals surface area (Å²) in [5, 5.41) is 13.7. The number of rotatable bonds is 5. The molecule has 18 heavy (non-hydrogen) atoms. The summed E-state index contributed by atoms with van der Waals surface area (Å²) in [7, 11) is 0. The maximum atomic E-state index is 8.39. The third kappa shape index (κ3) is 3.13. The summed E-state index contributed by atoms with van der Waals surface area (Å²) in [4.78, 5) is 0. The summed E-state index contributed by atoms with van der Waals surface area (Å²) in [6, 6.07) is 14.1. The van der Waals surface area contributed by atoms with E-state index in [0.717, 1.165) is 17.6 Å². The highest BCUT2D eigenvalue weighted by molar-refractivity contribution is 5.83. The van der Waals surface area contributed by atoms with Crippen LogP contribution >= 0.6 is 0 Å². The zero-order valence-electron chi connectivity index (χ0n) is 10.0. The van der Waals surface area contributed by atoms with Gasteiger partial charge in [0.15, 0.2) is 0 Å². The number of oxime groups is 1. The highest BCUT2D eigenvalue weighted by Crippen LogP contribution is 2.20. The third-order valence-electron chi connectivity index (χ3n) is 2.70. The molecule has 2 aromatic rings. The molecule has 0 aliphatic rings. The van der Waals surface area contributed by atoms with Gasteiger partial charge in [-0.2, -0.15) is 0 Å². The molecule has 0 fully saturated rings. The van der Waals surface area contributed by atoms with E-state index in [1.54, 1.807) is 0 Å². The van der Waals surface area contributed by atoms with E-state index in [-0.39, 0.29) is 5.84 Å². The van der Waals surface area contributed by atoms with E-state index in [9.17, 15) is 0 Å². The number of ether oxygens (including phenoxy) is 1. The summed E-state index contributed by atoms with van der Waals surface area (Å²) in [6.45, 7) is 0.550. The molecule has 3 N–H and O–H groups in total. The average Bonchev–Trinajstić information content (AvgIpc) is 2.43. The van der Waals surface area contributed by atoms with Gasteiger partial charge in [0.05, 0.1) is 6.61 Å². The Balaban J connectivity index is 1.92. The van der Waals surface area contributed by atoms with Crippen molar-refractivity contribution in [2.24, 2.45) is 10.9 Å². The van der Waals surface area contributed by atoms with Crippen LogP contribution in [0.2, 0.25) is 0 Å². The van der Waals surface area contributed by atoms with Gasteiger partial charge in [-0.1, -0.05) is 35.5 Å². The van der Waals surface area contributed by atoms with Gasteiger partial charge in [0.2, 0.25) is 0 Å². The number of fused-ring (bicyclic) bond motifs is 1. The predicted molar refractivity (Wildman–Crippen MR) is 72.1 cm³/mol. The molecule has 0 saturated heterocycles. The smallest absolute Gasteiger partial charge is 0.139 e.